The van der Waals surface area contributed by atoms with E-state index in [-0.39, 0.29) is 5.91 Å². The summed E-state index contributed by atoms with van der Waals surface area (Å²) in [6.45, 7) is 2.29. The normalized spacial score (nSPS) is 10.5. The number of carbonyl (C=O) groups is 1. The highest BCUT2D eigenvalue weighted by Gasteiger charge is 2.12. The van der Waals surface area contributed by atoms with Crippen LogP contribution in [0.2, 0.25) is 0 Å². The van der Waals surface area contributed by atoms with Crippen molar-refractivity contribution in [3.8, 4) is 11.4 Å². The quantitative estimate of drug-likeness (QED) is 0.778. The molecule has 0 aliphatic heterocycles. The van der Waals surface area contributed by atoms with Crippen LogP contribution in [-0.4, -0.2) is 32.0 Å². The Hall–Kier alpha value is -2.67. The average Bonchev–Trinajstić information content (AvgIpc) is 3.02. The summed E-state index contributed by atoms with van der Waals surface area (Å²) in [7, 11) is 0. The molecule has 3 aromatic rings. The second kappa shape index (κ2) is 7.06. The van der Waals surface area contributed by atoms with E-state index in [1.807, 2.05) is 30.3 Å². The van der Waals surface area contributed by atoms with Gasteiger partial charge in [0.2, 0.25) is 0 Å². The molecule has 2 heterocycles. The minimum absolute atomic E-state index is 0.140. The van der Waals surface area contributed by atoms with E-state index in [9.17, 15) is 4.79 Å². The Balaban J connectivity index is 1.55. The van der Waals surface area contributed by atoms with Crippen LogP contribution in [0.5, 0.6) is 0 Å². The van der Waals surface area contributed by atoms with E-state index in [1.54, 1.807) is 19.3 Å². The molecule has 3 rings (SSSR count). The van der Waals surface area contributed by atoms with Crippen LogP contribution in [0.4, 0.5) is 0 Å². The third-order valence-corrected chi connectivity index (χ3v) is 4.12. The van der Waals surface area contributed by atoms with Crippen LogP contribution >= 0.6 is 11.5 Å². The van der Waals surface area contributed by atoms with E-state index < -0.39 is 0 Å². The molecular formula is C16H15N5OS. The van der Waals surface area contributed by atoms with Crippen molar-refractivity contribution in [2.45, 2.75) is 13.3 Å². The molecule has 6 nitrogen and oxygen atoms in total. The topological polar surface area (TPSA) is 80.7 Å². The number of aryl methyl sites for hydroxylation is 1. The van der Waals surface area contributed by atoms with Gasteiger partial charge in [-0.3, -0.25) is 4.79 Å². The van der Waals surface area contributed by atoms with E-state index in [4.69, 9.17) is 0 Å². The summed E-state index contributed by atoms with van der Waals surface area (Å²) in [6, 6.07) is 9.82. The van der Waals surface area contributed by atoms with Crippen LogP contribution in [0.1, 0.15) is 20.9 Å². The first-order chi connectivity index (χ1) is 11.2. The Morgan fingerprint density at radius 2 is 1.91 bits per heavy atom. The summed E-state index contributed by atoms with van der Waals surface area (Å²) in [5.74, 6) is 0.559. The van der Waals surface area contributed by atoms with Crippen LogP contribution in [0.15, 0.2) is 42.7 Å². The molecular weight excluding hydrogens is 310 g/mol. The number of aromatic nitrogens is 4. The summed E-state index contributed by atoms with van der Waals surface area (Å²) < 4.78 is 3.76. The van der Waals surface area contributed by atoms with Gasteiger partial charge in [-0.15, -0.1) is 5.10 Å². The maximum absolute atomic E-state index is 11.9. The standard InChI is InChI=1S/C16H15N5OS/c1-11-14(23-21-20-11)16(22)17-8-7-12-9-18-15(19-10-12)13-5-3-2-4-6-13/h2-6,9-10H,7-8H2,1H3,(H,17,22). The summed E-state index contributed by atoms with van der Waals surface area (Å²) in [6.07, 6.45) is 4.26. The zero-order valence-corrected chi connectivity index (χ0v) is 13.4. The molecule has 0 unspecified atom stereocenters. The number of carbonyl (C=O) groups excluding carboxylic acids is 1. The Labute approximate surface area is 137 Å². The van der Waals surface area contributed by atoms with Crippen molar-refractivity contribution in [3.05, 3.63) is 58.9 Å². The van der Waals surface area contributed by atoms with Crippen molar-refractivity contribution in [2.24, 2.45) is 0 Å². The lowest BCUT2D eigenvalue weighted by molar-refractivity contribution is 0.0957. The molecule has 0 aliphatic carbocycles. The molecule has 23 heavy (non-hydrogen) atoms. The average molecular weight is 325 g/mol. The second-order valence-electron chi connectivity index (χ2n) is 4.97. The number of hydrogen-bond donors (Lipinski definition) is 1. The molecule has 1 aromatic carbocycles. The molecule has 0 fully saturated rings. The Morgan fingerprint density at radius 1 is 1.17 bits per heavy atom. The summed E-state index contributed by atoms with van der Waals surface area (Å²) >= 11 is 1.11. The second-order valence-corrected chi connectivity index (χ2v) is 5.73. The molecule has 0 atom stereocenters. The van der Waals surface area contributed by atoms with E-state index >= 15 is 0 Å². The first kappa shape index (κ1) is 15.2. The van der Waals surface area contributed by atoms with E-state index in [1.165, 1.54) is 0 Å². The van der Waals surface area contributed by atoms with Crippen molar-refractivity contribution in [2.75, 3.05) is 6.54 Å². The fraction of sp³-hybridized carbons (Fsp3) is 0.188. The van der Waals surface area contributed by atoms with Gasteiger partial charge >= 0.3 is 0 Å². The third kappa shape index (κ3) is 3.75. The maximum Gasteiger partial charge on any atom is 0.264 e. The minimum atomic E-state index is -0.140. The SMILES string of the molecule is Cc1nnsc1C(=O)NCCc1cnc(-c2ccccc2)nc1. The predicted molar refractivity (Wildman–Crippen MR) is 88.2 cm³/mol. The van der Waals surface area contributed by atoms with Crippen LogP contribution in [0, 0.1) is 6.92 Å². The van der Waals surface area contributed by atoms with Gasteiger partial charge < -0.3 is 5.32 Å². The maximum atomic E-state index is 11.9. The molecule has 0 radical (unpaired) electrons. The molecule has 0 aliphatic rings. The van der Waals surface area contributed by atoms with Gasteiger partial charge in [0.15, 0.2) is 5.82 Å². The van der Waals surface area contributed by atoms with Crippen molar-refractivity contribution in [1.82, 2.24) is 24.9 Å². The summed E-state index contributed by atoms with van der Waals surface area (Å²) in [5.41, 5.74) is 2.62. The number of nitrogens with zero attached hydrogens (tertiary/aromatic N) is 4. The lowest BCUT2D eigenvalue weighted by atomic mass is 10.2. The van der Waals surface area contributed by atoms with Gasteiger partial charge in [-0.1, -0.05) is 34.8 Å². The Bertz CT molecular complexity index is 786. The highest BCUT2D eigenvalue weighted by atomic mass is 32.1. The van der Waals surface area contributed by atoms with Gasteiger partial charge in [-0.05, 0) is 30.4 Å². The fourth-order valence-corrected chi connectivity index (χ4v) is 2.63. The lowest BCUT2D eigenvalue weighted by Gasteiger charge is -2.05. The van der Waals surface area contributed by atoms with Gasteiger partial charge in [0, 0.05) is 24.5 Å². The van der Waals surface area contributed by atoms with Gasteiger partial charge in [-0.2, -0.15) is 0 Å². The molecule has 1 N–H and O–H groups in total. The molecule has 0 spiro atoms. The lowest BCUT2D eigenvalue weighted by Crippen LogP contribution is -2.25. The fourth-order valence-electron chi connectivity index (χ4n) is 2.06. The van der Waals surface area contributed by atoms with Crippen LogP contribution < -0.4 is 5.32 Å². The zero-order valence-electron chi connectivity index (χ0n) is 12.6. The van der Waals surface area contributed by atoms with Gasteiger partial charge in [0.25, 0.3) is 5.91 Å². The molecule has 1 amide bonds. The van der Waals surface area contributed by atoms with Gasteiger partial charge in [0.05, 0.1) is 5.69 Å². The number of amides is 1. The molecule has 0 saturated heterocycles. The van der Waals surface area contributed by atoms with Crippen molar-refractivity contribution >= 4 is 17.4 Å². The summed E-state index contributed by atoms with van der Waals surface area (Å²) in [5, 5.41) is 6.69. The minimum Gasteiger partial charge on any atom is -0.351 e. The largest absolute Gasteiger partial charge is 0.351 e. The van der Waals surface area contributed by atoms with E-state index in [2.05, 4.69) is 24.9 Å². The Morgan fingerprint density at radius 3 is 2.57 bits per heavy atom. The van der Waals surface area contributed by atoms with Crippen molar-refractivity contribution in [3.63, 3.8) is 0 Å². The smallest absolute Gasteiger partial charge is 0.264 e. The number of hydrogen-bond acceptors (Lipinski definition) is 6. The van der Waals surface area contributed by atoms with E-state index in [0.29, 0.717) is 29.4 Å². The highest BCUT2D eigenvalue weighted by molar-refractivity contribution is 7.07. The molecule has 7 heteroatoms. The molecule has 0 bridgehead atoms. The van der Waals surface area contributed by atoms with Gasteiger partial charge in [0.1, 0.15) is 4.88 Å². The first-order valence-corrected chi connectivity index (χ1v) is 7.95. The van der Waals surface area contributed by atoms with Gasteiger partial charge in [-0.25, -0.2) is 9.97 Å². The molecule has 2 aromatic heterocycles. The predicted octanol–water partition coefficient (Wildman–Crippen LogP) is 2.28. The Kier molecular flexibility index (Phi) is 4.68. The van der Waals surface area contributed by atoms with Crippen molar-refractivity contribution < 1.29 is 4.79 Å². The third-order valence-electron chi connectivity index (χ3n) is 3.29. The van der Waals surface area contributed by atoms with E-state index in [0.717, 1.165) is 22.7 Å². The summed E-state index contributed by atoms with van der Waals surface area (Å²) in [4.78, 5) is 21.2. The van der Waals surface area contributed by atoms with Crippen LogP contribution in [0.3, 0.4) is 0 Å². The monoisotopic (exact) mass is 325 g/mol. The number of rotatable bonds is 5. The van der Waals surface area contributed by atoms with Crippen LogP contribution in [-0.2, 0) is 6.42 Å². The molecule has 116 valence electrons. The first-order valence-electron chi connectivity index (χ1n) is 7.17. The molecule has 0 saturated carbocycles. The van der Waals surface area contributed by atoms with Crippen LogP contribution in [0.25, 0.3) is 11.4 Å². The zero-order chi connectivity index (χ0) is 16.1. The number of benzene rings is 1. The van der Waals surface area contributed by atoms with Crippen molar-refractivity contribution in [1.29, 1.82) is 0 Å². The highest BCUT2D eigenvalue weighted by Crippen LogP contribution is 2.13. The number of nitrogens with one attached hydrogen (secondary N) is 1.